The first kappa shape index (κ1) is 13.2. The topological polar surface area (TPSA) is 44.1 Å². The van der Waals surface area contributed by atoms with Crippen molar-refractivity contribution in [3.63, 3.8) is 0 Å². The van der Waals surface area contributed by atoms with Gasteiger partial charge < -0.3 is 9.30 Å². The molecule has 0 spiro atoms. The lowest BCUT2D eigenvalue weighted by atomic mass is 10.2. The van der Waals surface area contributed by atoms with Crippen LogP contribution in [-0.2, 0) is 11.3 Å². The van der Waals surface area contributed by atoms with Gasteiger partial charge >= 0.3 is 5.97 Å². The number of hydrogen-bond donors (Lipinski definition) is 0. The molecule has 5 heteroatoms. The summed E-state index contributed by atoms with van der Waals surface area (Å²) in [5.41, 5.74) is 1.24. The maximum atomic E-state index is 11.8. The van der Waals surface area contributed by atoms with Gasteiger partial charge in [0.15, 0.2) is 10.4 Å². The molecule has 16 heavy (non-hydrogen) atoms. The number of aromatic nitrogens is 2. The fourth-order valence-corrected chi connectivity index (χ4v) is 2.12. The molecule has 4 nitrogen and oxygen atoms in total. The monoisotopic (exact) mass is 288 g/mol. The Balaban J connectivity index is 3.10. The molecule has 1 rings (SSSR count). The molecule has 0 fully saturated rings. The van der Waals surface area contributed by atoms with Gasteiger partial charge in [-0.2, -0.15) is 0 Å². The van der Waals surface area contributed by atoms with Gasteiger partial charge in [-0.1, -0.05) is 13.8 Å². The molecule has 0 aliphatic rings. The maximum absolute atomic E-state index is 11.8. The van der Waals surface area contributed by atoms with Crippen molar-refractivity contribution in [2.24, 2.45) is 5.92 Å². The normalized spacial score (nSPS) is 10.9. The van der Waals surface area contributed by atoms with E-state index in [0.29, 0.717) is 28.6 Å². The van der Waals surface area contributed by atoms with Gasteiger partial charge in [0.25, 0.3) is 0 Å². The molecule has 0 aliphatic heterocycles. The molecule has 0 aromatic carbocycles. The van der Waals surface area contributed by atoms with Gasteiger partial charge in [-0.3, -0.25) is 0 Å². The molecular weight excluding hydrogens is 272 g/mol. The van der Waals surface area contributed by atoms with E-state index in [4.69, 9.17) is 4.74 Å². The van der Waals surface area contributed by atoms with Crippen LogP contribution in [0.15, 0.2) is 4.73 Å². The number of rotatable bonds is 4. The largest absolute Gasteiger partial charge is 0.461 e. The lowest BCUT2D eigenvalue weighted by molar-refractivity contribution is 0.0511. The van der Waals surface area contributed by atoms with Crippen molar-refractivity contribution in [1.29, 1.82) is 0 Å². The lowest BCUT2D eigenvalue weighted by Gasteiger charge is -2.11. The summed E-state index contributed by atoms with van der Waals surface area (Å²) >= 11 is 3.36. The molecule has 0 N–H and O–H groups in total. The Labute approximate surface area is 104 Å². The molecule has 0 saturated carbocycles. The highest BCUT2D eigenvalue weighted by atomic mass is 79.9. The second kappa shape index (κ2) is 5.48. The second-order valence-electron chi connectivity index (χ2n) is 4.04. The summed E-state index contributed by atoms with van der Waals surface area (Å²) < 4.78 is 7.57. The van der Waals surface area contributed by atoms with Gasteiger partial charge in [0.05, 0.1) is 12.3 Å². The Kier molecular flexibility index (Phi) is 4.53. The van der Waals surface area contributed by atoms with Gasteiger partial charge in [0.1, 0.15) is 0 Å². The summed E-state index contributed by atoms with van der Waals surface area (Å²) in [5, 5.41) is 0. The Morgan fingerprint density at radius 1 is 1.56 bits per heavy atom. The number of carbonyl (C=O) groups excluding carboxylic acids is 1. The molecule has 0 saturated heterocycles. The molecule has 90 valence electrons. The summed E-state index contributed by atoms with van der Waals surface area (Å²) in [6.07, 6.45) is 0. The molecule has 0 unspecified atom stereocenters. The van der Waals surface area contributed by atoms with Gasteiger partial charge in [-0.25, -0.2) is 9.78 Å². The Morgan fingerprint density at radius 3 is 2.69 bits per heavy atom. The molecular formula is C11H17BrN2O2. The van der Waals surface area contributed by atoms with Crippen LogP contribution in [0, 0.1) is 12.8 Å². The standard InChI is InChI=1S/C11H17BrN2O2/c1-5-16-10(15)9-8(4)13-11(12)14(9)6-7(2)3/h7H,5-6H2,1-4H3. The fourth-order valence-electron chi connectivity index (χ4n) is 1.53. The van der Waals surface area contributed by atoms with Crippen LogP contribution < -0.4 is 0 Å². The molecule has 1 aromatic heterocycles. The zero-order valence-electron chi connectivity index (χ0n) is 10.1. The molecule has 1 aromatic rings. The Bertz CT molecular complexity index is 386. The molecule has 0 atom stereocenters. The number of imidazole rings is 1. The van der Waals surface area contributed by atoms with Gasteiger partial charge in [0, 0.05) is 6.54 Å². The quantitative estimate of drug-likeness (QED) is 0.801. The molecule has 1 heterocycles. The number of esters is 1. The lowest BCUT2D eigenvalue weighted by Crippen LogP contribution is -2.16. The highest BCUT2D eigenvalue weighted by Gasteiger charge is 2.20. The van der Waals surface area contributed by atoms with Crippen molar-refractivity contribution < 1.29 is 9.53 Å². The van der Waals surface area contributed by atoms with E-state index in [0.717, 1.165) is 6.54 Å². The summed E-state index contributed by atoms with van der Waals surface area (Å²) in [6.45, 7) is 8.92. The van der Waals surface area contributed by atoms with Crippen molar-refractivity contribution >= 4 is 21.9 Å². The van der Waals surface area contributed by atoms with Crippen LogP contribution in [0.1, 0.15) is 37.0 Å². The maximum Gasteiger partial charge on any atom is 0.356 e. The van der Waals surface area contributed by atoms with E-state index in [9.17, 15) is 4.79 Å². The van der Waals surface area contributed by atoms with Crippen molar-refractivity contribution in [3.8, 4) is 0 Å². The van der Waals surface area contributed by atoms with Crippen LogP contribution >= 0.6 is 15.9 Å². The van der Waals surface area contributed by atoms with Crippen LogP contribution in [0.3, 0.4) is 0 Å². The average molecular weight is 289 g/mol. The van der Waals surface area contributed by atoms with E-state index in [1.807, 2.05) is 11.5 Å². The summed E-state index contributed by atoms with van der Waals surface area (Å²) in [6, 6.07) is 0. The first-order valence-electron chi connectivity index (χ1n) is 5.37. The predicted molar refractivity (Wildman–Crippen MR) is 65.5 cm³/mol. The van der Waals surface area contributed by atoms with Crippen molar-refractivity contribution in [1.82, 2.24) is 9.55 Å². The number of carbonyl (C=O) groups is 1. The van der Waals surface area contributed by atoms with Crippen LogP contribution in [0.25, 0.3) is 0 Å². The third-order valence-corrected chi connectivity index (χ3v) is 2.72. The summed E-state index contributed by atoms with van der Waals surface area (Å²) in [5.74, 6) is 0.136. The minimum atomic E-state index is -0.307. The van der Waals surface area contributed by atoms with Crippen LogP contribution in [0.5, 0.6) is 0 Å². The van der Waals surface area contributed by atoms with E-state index in [-0.39, 0.29) is 5.97 Å². The summed E-state index contributed by atoms with van der Waals surface area (Å²) in [4.78, 5) is 16.0. The van der Waals surface area contributed by atoms with E-state index in [1.54, 1.807) is 6.92 Å². The predicted octanol–water partition coefficient (Wildman–Crippen LogP) is 2.79. The molecule has 0 radical (unpaired) electrons. The Morgan fingerprint density at radius 2 is 2.19 bits per heavy atom. The average Bonchev–Trinajstić information content (AvgIpc) is 2.41. The smallest absolute Gasteiger partial charge is 0.356 e. The van der Waals surface area contributed by atoms with Crippen LogP contribution in [0.2, 0.25) is 0 Å². The molecule has 0 amide bonds. The van der Waals surface area contributed by atoms with Crippen LogP contribution in [0.4, 0.5) is 0 Å². The Hall–Kier alpha value is -0.840. The van der Waals surface area contributed by atoms with Crippen molar-refractivity contribution in [3.05, 3.63) is 16.1 Å². The van der Waals surface area contributed by atoms with E-state index in [1.165, 1.54) is 0 Å². The first-order valence-corrected chi connectivity index (χ1v) is 6.16. The number of nitrogens with zero attached hydrogens (tertiary/aromatic N) is 2. The molecule has 0 aliphatic carbocycles. The minimum Gasteiger partial charge on any atom is -0.461 e. The minimum absolute atomic E-state index is 0.307. The number of ether oxygens (including phenoxy) is 1. The van der Waals surface area contributed by atoms with E-state index >= 15 is 0 Å². The third-order valence-electron chi connectivity index (χ3n) is 2.11. The van der Waals surface area contributed by atoms with Gasteiger partial charge in [0.2, 0.25) is 0 Å². The number of aryl methyl sites for hydroxylation is 1. The first-order chi connectivity index (χ1) is 7.47. The third kappa shape index (κ3) is 2.84. The highest BCUT2D eigenvalue weighted by Crippen LogP contribution is 2.19. The second-order valence-corrected chi connectivity index (χ2v) is 4.75. The van der Waals surface area contributed by atoms with Crippen molar-refractivity contribution in [2.45, 2.75) is 34.2 Å². The van der Waals surface area contributed by atoms with Crippen molar-refractivity contribution in [2.75, 3.05) is 6.61 Å². The van der Waals surface area contributed by atoms with E-state index in [2.05, 4.69) is 34.8 Å². The zero-order chi connectivity index (χ0) is 12.3. The zero-order valence-corrected chi connectivity index (χ0v) is 11.7. The fraction of sp³-hybridized carbons (Fsp3) is 0.636. The van der Waals surface area contributed by atoms with E-state index < -0.39 is 0 Å². The summed E-state index contributed by atoms with van der Waals surface area (Å²) in [7, 11) is 0. The number of hydrogen-bond acceptors (Lipinski definition) is 3. The number of halogens is 1. The van der Waals surface area contributed by atoms with Crippen LogP contribution in [-0.4, -0.2) is 22.1 Å². The van der Waals surface area contributed by atoms with Gasteiger partial charge in [-0.05, 0) is 35.7 Å². The highest BCUT2D eigenvalue weighted by molar-refractivity contribution is 9.10. The molecule has 0 bridgehead atoms. The van der Waals surface area contributed by atoms with Gasteiger partial charge in [-0.15, -0.1) is 0 Å². The SMILES string of the molecule is CCOC(=O)c1c(C)nc(Br)n1CC(C)C.